The van der Waals surface area contributed by atoms with Crippen molar-refractivity contribution in [3.05, 3.63) is 0 Å². The Kier molecular flexibility index (Phi) is 3.99. The van der Waals surface area contributed by atoms with Gasteiger partial charge in [-0.3, -0.25) is 0 Å². The highest BCUT2D eigenvalue weighted by Crippen LogP contribution is 2.29. The summed E-state index contributed by atoms with van der Waals surface area (Å²) in [4.78, 5) is 26.9. The van der Waals surface area contributed by atoms with Crippen molar-refractivity contribution in [2.45, 2.75) is 63.8 Å². The van der Waals surface area contributed by atoms with Gasteiger partial charge in [-0.25, -0.2) is 9.59 Å². The van der Waals surface area contributed by atoms with E-state index in [0.29, 0.717) is 0 Å². The number of urea groups is 1. The van der Waals surface area contributed by atoms with Crippen LogP contribution in [0.2, 0.25) is 0 Å². The second kappa shape index (κ2) is 5.36. The standard InChI is InChI=1S/C13H22N2O4/c1-3-9-5-4-8(2)15(9)13(19)14-7-10(16)6-11(14)12(17)18/h8-11,16H,3-7H2,1-2H3,(H,17,18)/t8?,9?,10-,11-/m1/s1. The number of carbonyl (C=O) groups excluding carboxylic acids is 1. The van der Waals surface area contributed by atoms with Crippen LogP contribution in [0.5, 0.6) is 0 Å². The lowest BCUT2D eigenvalue weighted by atomic mass is 10.1. The van der Waals surface area contributed by atoms with E-state index in [2.05, 4.69) is 0 Å². The van der Waals surface area contributed by atoms with E-state index >= 15 is 0 Å². The smallest absolute Gasteiger partial charge is 0.326 e. The number of aliphatic carboxylic acids is 1. The lowest BCUT2D eigenvalue weighted by Gasteiger charge is -2.33. The molecule has 0 bridgehead atoms. The topological polar surface area (TPSA) is 81.1 Å². The molecule has 2 rings (SSSR count). The molecule has 0 radical (unpaired) electrons. The van der Waals surface area contributed by atoms with Gasteiger partial charge >= 0.3 is 12.0 Å². The van der Waals surface area contributed by atoms with Crippen LogP contribution in [0.4, 0.5) is 4.79 Å². The molecule has 2 aliphatic rings. The second-order valence-corrected chi connectivity index (χ2v) is 5.57. The fourth-order valence-corrected chi connectivity index (χ4v) is 3.22. The minimum absolute atomic E-state index is 0.120. The molecular weight excluding hydrogens is 248 g/mol. The maximum Gasteiger partial charge on any atom is 0.326 e. The predicted molar refractivity (Wildman–Crippen MR) is 68.8 cm³/mol. The summed E-state index contributed by atoms with van der Waals surface area (Å²) in [5.74, 6) is -1.04. The van der Waals surface area contributed by atoms with Crippen LogP contribution in [0.3, 0.4) is 0 Å². The number of amides is 2. The molecule has 0 aromatic heterocycles. The molecule has 2 fully saturated rings. The van der Waals surface area contributed by atoms with Crippen LogP contribution in [0.25, 0.3) is 0 Å². The van der Waals surface area contributed by atoms with Gasteiger partial charge < -0.3 is 20.0 Å². The maximum atomic E-state index is 12.6. The van der Waals surface area contributed by atoms with E-state index in [-0.39, 0.29) is 31.1 Å². The van der Waals surface area contributed by atoms with Gasteiger partial charge in [0.15, 0.2) is 0 Å². The van der Waals surface area contributed by atoms with Gasteiger partial charge in [0.1, 0.15) is 6.04 Å². The summed E-state index contributed by atoms with van der Waals surface area (Å²) in [6, 6.07) is -0.798. The lowest BCUT2D eigenvalue weighted by Crippen LogP contribution is -2.51. The molecule has 4 atom stereocenters. The third-order valence-corrected chi connectivity index (χ3v) is 4.29. The number of β-amino-alcohol motifs (C(OH)–C–C–N with tert-alkyl or cyclic N) is 1. The van der Waals surface area contributed by atoms with Gasteiger partial charge in [0.05, 0.1) is 6.10 Å². The van der Waals surface area contributed by atoms with Crippen molar-refractivity contribution in [3.8, 4) is 0 Å². The van der Waals surface area contributed by atoms with Crippen molar-refractivity contribution in [1.29, 1.82) is 0 Å². The van der Waals surface area contributed by atoms with Gasteiger partial charge in [0.25, 0.3) is 0 Å². The van der Waals surface area contributed by atoms with Gasteiger partial charge in [-0.05, 0) is 26.2 Å². The maximum absolute atomic E-state index is 12.6. The summed E-state index contributed by atoms with van der Waals surface area (Å²) < 4.78 is 0. The van der Waals surface area contributed by atoms with Gasteiger partial charge in [-0.1, -0.05) is 6.92 Å². The highest BCUT2D eigenvalue weighted by atomic mass is 16.4. The molecular formula is C13H22N2O4. The number of aliphatic hydroxyl groups excluding tert-OH is 1. The SMILES string of the molecule is CCC1CCC(C)N1C(=O)N1C[C@H](O)C[C@@H]1C(=O)O. The summed E-state index contributed by atoms with van der Waals surface area (Å²) >= 11 is 0. The van der Waals surface area contributed by atoms with E-state index in [4.69, 9.17) is 5.11 Å². The molecule has 2 heterocycles. The number of aliphatic hydroxyl groups is 1. The molecule has 2 saturated heterocycles. The summed E-state index contributed by atoms with van der Waals surface area (Å²) in [5.41, 5.74) is 0. The fraction of sp³-hybridized carbons (Fsp3) is 0.846. The molecule has 2 N–H and O–H groups in total. The first-order valence-corrected chi connectivity index (χ1v) is 6.95. The largest absolute Gasteiger partial charge is 0.480 e. The van der Waals surface area contributed by atoms with E-state index in [9.17, 15) is 14.7 Å². The highest BCUT2D eigenvalue weighted by Gasteiger charge is 2.44. The van der Waals surface area contributed by atoms with Crippen LogP contribution in [-0.4, -0.2) is 62.8 Å². The molecule has 0 saturated carbocycles. The average molecular weight is 270 g/mol. The third-order valence-electron chi connectivity index (χ3n) is 4.29. The molecule has 0 spiro atoms. The van der Waals surface area contributed by atoms with Crippen molar-refractivity contribution in [2.75, 3.05) is 6.54 Å². The summed E-state index contributed by atoms with van der Waals surface area (Å²) in [6.45, 7) is 4.15. The molecule has 2 aliphatic heterocycles. The summed E-state index contributed by atoms with van der Waals surface area (Å²) in [7, 11) is 0. The number of hydrogen-bond donors (Lipinski definition) is 2. The zero-order valence-electron chi connectivity index (χ0n) is 11.5. The second-order valence-electron chi connectivity index (χ2n) is 5.57. The van der Waals surface area contributed by atoms with E-state index in [1.807, 2.05) is 13.8 Å². The quantitative estimate of drug-likeness (QED) is 0.781. The Hall–Kier alpha value is -1.30. The molecule has 0 aliphatic carbocycles. The molecule has 108 valence electrons. The monoisotopic (exact) mass is 270 g/mol. The third kappa shape index (κ3) is 2.54. The molecule has 6 nitrogen and oxygen atoms in total. The van der Waals surface area contributed by atoms with Gasteiger partial charge in [0, 0.05) is 25.0 Å². The fourth-order valence-electron chi connectivity index (χ4n) is 3.22. The van der Waals surface area contributed by atoms with Crippen LogP contribution < -0.4 is 0 Å². The van der Waals surface area contributed by atoms with E-state index in [1.165, 1.54) is 4.90 Å². The molecule has 0 aromatic carbocycles. The summed E-state index contributed by atoms with van der Waals surface area (Å²) in [6.07, 6.45) is 2.20. The molecule has 2 amide bonds. The first-order valence-electron chi connectivity index (χ1n) is 6.95. The Morgan fingerprint density at radius 2 is 2.00 bits per heavy atom. The molecule has 19 heavy (non-hydrogen) atoms. The normalized spacial score (nSPS) is 34.9. The van der Waals surface area contributed by atoms with Crippen LogP contribution in [-0.2, 0) is 4.79 Å². The van der Waals surface area contributed by atoms with Crippen LogP contribution in [0.15, 0.2) is 0 Å². The molecule has 0 aromatic rings. The van der Waals surface area contributed by atoms with E-state index < -0.39 is 18.1 Å². The zero-order valence-corrected chi connectivity index (χ0v) is 11.5. The zero-order chi connectivity index (χ0) is 14.2. The Labute approximate surface area is 113 Å². The van der Waals surface area contributed by atoms with Crippen LogP contribution in [0.1, 0.15) is 39.5 Å². The Morgan fingerprint density at radius 1 is 1.32 bits per heavy atom. The van der Waals surface area contributed by atoms with Crippen molar-refractivity contribution in [3.63, 3.8) is 0 Å². The number of nitrogens with zero attached hydrogens (tertiary/aromatic N) is 2. The Bertz CT molecular complexity index is 374. The number of rotatable bonds is 2. The molecule has 6 heteroatoms. The van der Waals surface area contributed by atoms with Crippen molar-refractivity contribution < 1.29 is 19.8 Å². The first-order chi connectivity index (χ1) is 8.95. The predicted octanol–water partition coefficient (Wildman–Crippen LogP) is 0.889. The van der Waals surface area contributed by atoms with Crippen molar-refractivity contribution >= 4 is 12.0 Å². The molecule has 2 unspecified atom stereocenters. The van der Waals surface area contributed by atoms with Crippen LogP contribution in [0, 0.1) is 0 Å². The van der Waals surface area contributed by atoms with Gasteiger partial charge in [0.2, 0.25) is 0 Å². The van der Waals surface area contributed by atoms with E-state index in [1.54, 1.807) is 4.90 Å². The van der Waals surface area contributed by atoms with Gasteiger partial charge in [-0.15, -0.1) is 0 Å². The number of hydrogen-bond acceptors (Lipinski definition) is 3. The summed E-state index contributed by atoms with van der Waals surface area (Å²) in [5, 5.41) is 18.8. The van der Waals surface area contributed by atoms with Gasteiger partial charge in [-0.2, -0.15) is 0 Å². The Balaban J connectivity index is 2.16. The number of carbonyl (C=O) groups is 2. The number of likely N-dealkylation sites (tertiary alicyclic amines) is 2. The average Bonchev–Trinajstić information content (AvgIpc) is 2.91. The first kappa shape index (κ1) is 14.1. The minimum atomic E-state index is -1.04. The lowest BCUT2D eigenvalue weighted by molar-refractivity contribution is -0.141. The van der Waals surface area contributed by atoms with E-state index in [0.717, 1.165) is 19.3 Å². The van der Waals surface area contributed by atoms with Crippen LogP contribution >= 0.6 is 0 Å². The van der Waals surface area contributed by atoms with Crippen molar-refractivity contribution in [2.24, 2.45) is 0 Å². The number of carboxylic acid groups (broad SMARTS) is 1. The van der Waals surface area contributed by atoms with Crippen molar-refractivity contribution in [1.82, 2.24) is 9.80 Å². The number of carboxylic acids is 1. The highest BCUT2D eigenvalue weighted by molar-refractivity contribution is 5.84. The Morgan fingerprint density at radius 3 is 2.58 bits per heavy atom. The minimum Gasteiger partial charge on any atom is -0.480 e.